The van der Waals surface area contributed by atoms with Crippen LogP contribution < -0.4 is 16.4 Å². The van der Waals surface area contributed by atoms with Crippen LogP contribution in [0.15, 0.2) is 30.3 Å². The largest absolute Gasteiger partial charge is 0.504 e. The van der Waals surface area contributed by atoms with Gasteiger partial charge in [-0.1, -0.05) is 0 Å². The van der Waals surface area contributed by atoms with Crippen LogP contribution in [0.5, 0.6) is 69.0 Å². The number of thioether (sulfide) groups is 1. The van der Waals surface area contributed by atoms with Gasteiger partial charge >= 0.3 is 53.7 Å². The van der Waals surface area contributed by atoms with Crippen molar-refractivity contribution in [2.45, 2.75) is 72.9 Å². The topological polar surface area (TPSA) is 637 Å². The highest BCUT2D eigenvalue weighted by Gasteiger charge is 2.58. The number of aliphatic hydroxyl groups excluding tert-OH is 1. The quantitative estimate of drug-likeness (QED) is 0.0261. The number of carboxylic acid groups (broad SMARTS) is 4. The first-order valence-corrected chi connectivity index (χ1v) is 26.0. The van der Waals surface area contributed by atoms with Gasteiger partial charge in [-0.3, -0.25) is 28.8 Å². The number of cyclic esters (lactones) is 2. The standard InChI is InChI=1S/C51H47N3O34S/c52-15(43(72)73)1-2-23(60)54-16(42(71)53-8-24(61)62)10-89-41(45(76)77)29(28-27-14(7-21(59)33(66)36(27)69)48(80)86-39(28)44(74)75)50(82)85-38-22-9-83-47(79)12-5-19(57)31(64)34(67)25(12)26-13(6-20(58)32(65)35(26)68)49(81)87-40(38)37(70)51(84-22)88-46(78)11-3-17(55)30(63)18(56)4-11/h3-7,15-16,22,28-29,37-41,51,55-59,63-70H,1-2,8-10,52H2,(H,53,71)(H,54,60)(H,61,62)(H,72,73)(H,74,75)(H,76,77)/t15-,16?,22+,28+,29+,37+,38+,39-,40-,41-,51-/m0/s1. The fourth-order valence-corrected chi connectivity index (χ4v) is 10.6. The molecule has 2 amide bonds. The summed E-state index contributed by atoms with van der Waals surface area (Å²) < 4.78 is 32.8. The van der Waals surface area contributed by atoms with E-state index < -0.39 is 271 Å². The number of aromatic hydroxyl groups is 12. The third kappa shape index (κ3) is 13.2. The Kier molecular flexibility index (Phi) is 19.0. The number of ether oxygens (including phenoxy) is 6. The van der Waals surface area contributed by atoms with Gasteiger partial charge in [-0.05, 0) is 36.8 Å². The number of rotatable bonds is 19. The van der Waals surface area contributed by atoms with Gasteiger partial charge in [-0.2, -0.15) is 0 Å². The van der Waals surface area contributed by atoms with Crippen molar-refractivity contribution in [1.29, 1.82) is 0 Å². The second-order valence-electron chi connectivity index (χ2n) is 19.3. The highest BCUT2D eigenvalue weighted by Crippen LogP contribution is 2.54. The van der Waals surface area contributed by atoms with E-state index in [1.807, 2.05) is 5.32 Å². The third-order valence-corrected chi connectivity index (χ3v) is 15.0. The molecule has 37 nitrogen and oxygen atoms in total. The van der Waals surface area contributed by atoms with Gasteiger partial charge in [-0.15, -0.1) is 11.8 Å². The van der Waals surface area contributed by atoms with E-state index in [4.69, 9.17) is 34.2 Å². The molecule has 4 aromatic carbocycles. The summed E-state index contributed by atoms with van der Waals surface area (Å²) in [5, 5.41) is 181. The molecule has 1 unspecified atom stereocenters. The van der Waals surface area contributed by atoms with Crippen LogP contribution in [0.25, 0.3) is 11.1 Å². The predicted molar refractivity (Wildman–Crippen MR) is 279 cm³/mol. The first-order chi connectivity index (χ1) is 41.7. The Morgan fingerprint density at radius 3 is 1.72 bits per heavy atom. The zero-order valence-corrected chi connectivity index (χ0v) is 45.1. The van der Waals surface area contributed by atoms with Crippen molar-refractivity contribution in [2.75, 3.05) is 18.9 Å². The molecule has 21 N–H and O–H groups in total. The number of nitrogens with two attached hydrogens (primary N) is 1. The minimum Gasteiger partial charge on any atom is -0.504 e. The summed E-state index contributed by atoms with van der Waals surface area (Å²) in [5.41, 5.74) is -2.65. The van der Waals surface area contributed by atoms with Crippen LogP contribution in [-0.4, -0.2) is 225 Å². The van der Waals surface area contributed by atoms with Crippen LogP contribution in [-0.2, 0) is 62.0 Å². The number of nitrogens with one attached hydrogen (secondary N) is 2. The number of carbonyl (C=O) groups excluding carboxylic acids is 7. The number of phenolic OH excluding ortho intramolecular Hbond substituents is 12. The second-order valence-corrected chi connectivity index (χ2v) is 20.5. The molecular weight excluding hydrogens is 1230 g/mol. The maximum atomic E-state index is 15.6. The van der Waals surface area contributed by atoms with Crippen molar-refractivity contribution in [2.24, 2.45) is 11.7 Å². The van der Waals surface area contributed by atoms with Crippen molar-refractivity contribution in [3.63, 3.8) is 0 Å². The molecule has 0 aliphatic carbocycles. The first kappa shape index (κ1) is 65.4. The monoisotopic (exact) mass is 1280 g/mol. The fraction of sp³-hybridized carbons (Fsp3) is 0.314. The van der Waals surface area contributed by atoms with Crippen molar-refractivity contribution < 1.29 is 168 Å². The van der Waals surface area contributed by atoms with Gasteiger partial charge in [0.15, 0.2) is 70.1 Å². The lowest BCUT2D eigenvalue weighted by Gasteiger charge is -2.44. The fourth-order valence-electron chi connectivity index (χ4n) is 9.32. The van der Waals surface area contributed by atoms with E-state index >= 15 is 4.79 Å². The molecule has 3 aliphatic rings. The molecule has 3 aliphatic heterocycles. The van der Waals surface area contributed by atoms with Crippen LogP contribution in [0.4, 0.5) is 0 Å². The average Bonchev–Trinajstić information content (AvgIpc) is 1.03. The van der Waals surface area contributed by atoms with E-state index in [-0.39, 0.29) is 17.8 Å². The molecule has 4 aromatic rings. The van der Waals surface area contributed by atoms with Crippen LogP contribution in [0, 0.1) is 5.92 Å². The summed E-state index contributed by atoms with van der Waals surface area (Å²) in [6.07, 6.45) is -18.1. The Bertz CT molecular complexity index is 3620. The summed E-state index contributed by atoms with van der Waals surface area (Å²) in [5.74, 6) is -44.0. The Labute approximate surface area is 496 Å². The normalized spacial score (nSPS) is 20.8. The van der Waals surface area contributed by atoms with Crippen molar-refractivity contribution >= 4 is 77.3 Å². The average molecular weight is 1280 g/mol. The van der Waals surface area contributed by atoms with E-state index in [1.54, 1.807) is 0 Å². The molecule has 0 saturated carbocycles. The number of phenols is 12. The second kappa shape index (κ2) is 25.8. The van der Waals surface area contributed by atoms with Crippen molar-refractivity contribution in [3.8, 4) is 80.1 Å². The van der Waals surface area contributed by atoms with Crippen molar-refractivity contribution in [1.82, 2.24) is 10.6 Å². The van der Waals surface area contributed by atoms with Gasteiger partial charge in [0, 0.05) is 28.9 Å². The van der Waals surface area contributed by atoms with E-state index in [0.29, 0.717) is 24.3 Å². The zero-order chi connectivity index (χ0) is 66.1. The van der Waals surface area contributed by atoms with Gasteiger partial charge in [0.1, 0.15) is 36.6 Å². The SMILES string of the molecule is N[C@@H](CCC(=O)NC(CS[C@H](C(=O)O)[C@H](C(=O)O[C@H]1[C@H]2OC(=O)c3cc(O)c(O)c(O)c3-c3c(cc(O)c(O)c3O)C(=O)OC[C@H]1O[C@@H](OC(=O)c1cc(O)c(O)c(O)c1)[C@@H]2O)[C@H]1c2c(cc(O)c(O)c2O)C(=O)O[C@@H]1C(=O)O)C(=O)NCC(=O)O)C(=O)O. The number of amides is 2. The third-order valence-electron chi connectivity index (χ3n) is 13.6. The Morgan fingerprint density at radius 1 is 0.652 bits per heavy atom. The highest BCUT2D eigenvalue weighted by atomic mass is 32.2. The number of hydrogen-bond donors (Lipinski definition) is 20. The number of carbonyl (C=O) groups is 11. The van der Waals surface area contributed by atoms with Crippen LogP contribution in [0.1, 0.15) is 65.8 Å². The summed E-state index contributed by atoms with van der Waals surface area (Å²) in [4.78, 5) is 148. The van der Waals surface area contributed by atoms with Crippen molar-refractivity contribution in [3.05, 3.63) is 58.1 Å². The number of benzene rings is 4. The molecule has 11 atom stereocenters. The Hall–Kier alpha value is -11.1. The zero-order valence-electron chi connectivity index (χ0n) is 44.3. The molecule has 1 saturated heterocycles. The van der Waals surface area contributed by atoms with E-state index in [0.717, 1.165) is 0 Å². The molecule has 0 aromatic heterocycles. The number of hydrogen-bond acceptors (Lipinski definition) is 32. The Morgan fingerprint density at radius 2 is 1.18 bits per heavy atom. The number of fused-ring (bicyclic) bond motifs is 6. The highest BCUT2D eigenvalue weighted by molar-refractivity contribution is 8.00. The summed E-state index contributed by atoms with van der Waals surface area (Å²) in [6, 6.07) is -1.89. The van der Waals surface area contributed by atoms with Gasteiger partial charge in [0.25, 0.3) is 0 Å². The van der Waals surface area contributed by atoms with E-state index in [9.17, 15) is 135 Å². The molecule has 3 heterocycles. The smallest absolute Gasteiger partial charge is 0.345 e. The van der Waals surface area contributed by atoms with E-state index in [2.05, 4.69) is 5.32 Å². The van der Waals surface area contributed by atoms with Crippen LogP contribution in [0.3, 0.4) is 0 Å². The van der Waals surface area contributed by atoms with E-state index in [1.165, 1.54) is 0 Å². The minimum atomic E-state index is -3.02. The van der Waals surface area contributed by atoms with Gasteiger partial charge in [0.2, 0.25) is 41.5 Å². The van der Waals surface area contributed by atoms with Gasteiger partial charge < -0.3 is 132 Å². The molecule has 476 valence electrons. The maximum absolute atomic E-state index is 15.6. The van der Waals surface area contributed by atoms with Crippen LogP contribution in [0.2, 0.25) is 0 Å². The lowest BCUT2D eigenvalue weighted by atomic mass is 9.75. The van der Waals surface area contributed by atoms with Gasteiger partial charge in [-0.25, -0.2) is 24.0 Å². The molecule has 7 rings (SSSR count). The summed E-state index contributed by atoms with van der Waals surface area (Å²) in [7, 11) is 0. The summed E-state index contributed by atoms with van der Waals surface area (Å²) in [6.45, 7) is -2.73. The number of esters is 5. The molecule has 2 bridgehead atoms. The number of aliphatic carboxylic acids is 4. The minimum absolute atomic E-state index is 0.132. The maximum Gasteiger partial charge on any atom is 0.345 e. The molecular formula is C51H47N3O34S. The molecule has 89 heavy (non-hydrogen) atoms. The Balaban J connectivity index is 1.44. The number of carboxylic acids is 4. The molecule has 38 heteroatoms. The van der Waals surface area contributed by atoms with Crippen LogP contribution >= 0.6 is 11.8 Å². The molecule has 0 radical (unpaired) electrons. The predicted octanol–water partition coefficient (Wildman–Crippen LogP) is -2.54. The molecule has 1 fully saturated rings. The number of aliphatic hydroxyl groups is 1. The first-order valence-electron chi connectivity index (χ1n) is 24.9. The summed E-state index contributed by atoms with van der Waals surface area (Å²) >= 11 is -0.132. The lowest BCUT2D eigenvalue weighted by molar-refractivity contribution is -0.288. The lowest BCUT2D eigenvalue weighted by Crippen LogP contribution is -2.63. The van der Waals surface area contributed by atoms with Gasteiger partial charge in [0.05, 0.1) is 34.1 Å². The molecule has 0 spiro atoms.